The molecule has 1 N–H and O–H groups in total. The van der Waals surface area contributed by atoms with Crippen molar-refractivity contribution in [3.63, 3.8) is 0 Å². The largest absolute Gasteiger partial charge is 0.497 e. The van der Waals surface area contributed by atoms with Gasteiger partial charge < -0.3 is 14.6 Å². The number of hydrogen-bond acceptors (Lipinski definition) is 3. The van der Waals surface area contributed by atoms with E-state index >= 15 is 0 Å². The minimum atomic E-state index is -1.01. The molecule has 0 aromatic heterocycles. The molecule has 3 aromatic rings. The molecule has 0 fully saturated rings. The average molecular weight is 395 g/mol. The second-order valence-corrected chi connectivity index (χ2v) is 6.49. The van der Waals surface area contributed by atoms with Gasteiger partial charge in [-0.15, -0.1) is 0 Å². The Kier molecular flexibility index (Phi) is 6.35. The molecule has 142 valence electrons. The van der Waals surface area contributed by atoms with Crippen molar-refractivity contribution in [3.8, 4) is 11.5 Å². The maximum atomic E-state index is 11.8. The van der Waals surface area contributed by atoms with Crippen LogP contribution in [0.2, 0.25) is 5.02 Å². The van der Waals surface area contributed by atoms with E-state index in [1.807, 2.05) is 24.3 Å². The highest BCUT2D eigenvalue weighted by atomic mass is 35.5. The summed E-state index contributed by atoms with van der Waals surface area (Å²) >= 11 is 6.03. The Morgan fingerprint density at radius 3 is 2.50 bits per heavy atom. The molecular formula is C23H19ClO4. The molecular weight excluding hydrogens is 376 g/mol. The van der Waals surface area contributed by atoms with Crippen molar-refractivity contribution in [2.75, 3.05) is 7.11 Å². The SMILES string of the molecule is COc1ccc(/C=C(\C(=O)O)c2ccccc2)c(OCc2cccc(Cl)c2)c1. The van der Waals surface area contributed by atoms with E-state index in [-0.39, 0.29) is 5.57 Å². The van der Waals surface area contributed by atoms with Crippen LogP contribution in [0.1, 0.15) is 16.7 Å². The molecule has 0 aliphatic heterocycles. The number of halogens is 1. The molecule has 0 radical (unpaired) electrons. The van der Waals surface area contributed by atoms with Crippen molar-refractivity contribution in [1.82, 2.24) is 0 Å². The first-order chi connectivity index (χ1) is 13.6. The lowest BCUT2D eigenvalue weighted by Gasteiger charge is -2.12. The van der Waals surface area contributed by atoms with Crippen LogP contribution in [0, 0.1) is 0 Å². The van der Waals surface area contributed by atoms with Crippen LogP contribution in [0.5, 0.6) is 11.5 Å². The molecule has 0 saturated heterocycles. The number of ether oxygens (including phenoxy) is 2. The van der Waals surface area contributed by atoms with E-state index in [0.717, 1.165) is 5.56 Å². The quantitative estimate of drug-likeness (QED) is 0.421. The smallest absolute Gasteiger partial charge is 0.336 e. The lowest BCUT2D eigenvalue weighted by molar-refractivity contribution is -0.130. The monoisotopic (exact) mass is 394 g/mol. The molecule has 0 saturated carbocycles. The summed E-state index contributed by atoms with van der Waals surface area (Å²) in [7, 11) is 1.57. The van der Waals surface area contributed by atoms with Gasteiger partial charge in [-0.3, -0.25) is 0 Å². The highest BCUT2D eigenvalue weighted by Crippen LogP contribution is 2.30. The molecule has 0 aliphatic carbocycles. The molecule has 5 heteroatoms. The zero-order valence-electron chi connectivity index (χ0n) is 15.3. The molecule has 4 nitrogen and oxygen atoms in total. The summed E-state index contributed by atoms with van der Waals surface area (Å²) in [4.78, 5) is 11.8. The fourth-order valence-electron chi connectivity index (χ4n) is 2.72. The lowest BCUT2D eigenvalue weighted by Crippen LogP contribution is -2.01. The summed E-state index contributed by atoms with van der Waals surface area (Å²) in [5.41, 5.74) is 2.35. The van der Waals surface area contributed by atoms with E-state index in [2.05, 4.69) is 0 Å². The van der Waals surface area contributed by atoms with Crippen LogP contribution in [0.25, 0.3) is 11.6 Å². The molecule has 0 atom stereocenters. The summed E-state index contributed by atoms with van der Waals surface area (Å²) in [6.07, 6.45) is 1.60. The second-order valence-electron chi connectivity index (χ2n) is 6.05. The summed E-state index contributed by atoms with van der Waals surface area (Å²) in [6, 6.07) is 21.6. The van der Waals surface area contributed by atoms with Crippen molar-refractivity contribution in [2.45, 2.75) is 6.61 Å². The number of methoxy groups -OCH3 is 1. The number of carboxylic acid groups (broad SMARTS) is 1. The molecule has 0 heterocycles. The van der Waals surface area contributed by atoms with Crippen LogP contribution in [-0.4, -0.2) is 18.2 Å². The molecule has 0 aliphatic rings. The number of hydrogen-bond donors (Lipinski definition) is 1. The van der Waals surface area contributed by atoms with Gasteiger partial charge in [0.05, 0.1) is 12.7 Å². The Balaban J connectivity index is 1.96. The van der Waals surface area contributed by atoms with E-state index in [1.54, 1.807) is 61.7 Å². The highest BCUT2D eigenvalue weighted by Gasteiger charge is 2.13. The molecule has 0 unspecified atom stereocenters. The van der Waals surface area contributed by atoms with Crippen LogP contribution in [-0.2, 0) is 11.4 Å². The Morgan fingerprint density at radius 1 is 1.04 bits per heavy atom. The first kappa shape index (κ1) is 19.5. The van der Waals surface area contributed by atoms with Crippen LogP contribution in [0.3, 0.4) is 0 Å². The number of carbonyl (C=O) groups is 1. The summed E-state index contributed by atoms with van der Waals surface area (Å²) in [6.45, 7) is 0.294. The van der Waals surface area contributed by atoms with Crippen molar-refractivity contribution < 1.29 is 19.4 Å². The molecule has 3 aromatic carbocycles. The number of aliphatic carboxylic acids is 1. The van der Waals surface area contributed by atoms with Gasteiger partial charge in [0.2, 0.25) is 0 Å². The summed E-state index contributed by atoms with van der Waals surface area (Å²) in [5.74, 6) is 0.131. The number of benzene rings is 3. The van der Waals surface area contributed by atoms with Gasteiger partial charge in [-0.2, -0.15) is 0 Å². The van der Waals surface area contributed by atoms with Crippen LogP contribution in [0.4, 0.5) is 0 Å². The fourth-order valence-corrected chi connectivity index (χ4v) is 2.93. The number of carboxylic acids is 1. The van der Waals surface area contributed by atoms with E-state index < -0.39 is 5.97 Å². The predicted molar refractivity (Wildman–Crippen MR) is 111 cm³/mol. The van der Waals surface area contributed by atoms with Crippen LogP contribution >= 0.6 is 11.6 Å². The van der Waals surface area contributed by atoms with Crippen LogP contribution in [0.15, 0.2) is 72.8 Å². The van der Waals surface area contributed by atoms with Crippen molar-refractivity contribution in [2.24, 2.45) is 0 Å². The minimum Gasteiger partial charge on any atom is -0.497 e. The Morgan fingerprint density at radius 2 is 1.82 bits per heavy atom. The maximum Gasteiger partial charge on any atom is 0.336 e. The zero-order valence-corrected chi connectivity index (χ0v) is 16.0. The third-order valence-corrected chi connectivity index (χ3v) is 4.35. The lowest BCUT2D eigenvalue weighted by atomic mass is 10.0. The normalized spacial score (nSPS) is 11.1. The summed E-state index contributed by atoms with van der Waals surface area (Å²) < 4.78 is 11.2. The first-order valence-electron chi connectivity index (χ1n) is 8.62. The van der Waals surface area contributed by atoms with E-state index in [1.165, 1.54) is 0 Å². The first-order valence-corrected chi connectivity index (χ1v) is 9.00. The van der Waals surface area contributed by atoms with Gasteiger partial charge in [-0.25, -0.2) is 4.79 Å². The minimum absolute atomic E-state index is 0.179. The Hall–Kier alpha value is -3.24. The van der Waals surface area contributed by atoms with Gasteiger partial charge in [-0.1, -0.05) is 54.1 Å². The van der Waals surface area contributed by atoms with Gasteiger partial charge in [0.1, 0.15) is 18.1 Å². The molecule has 0 spiro atoms. The van der Waals surface area contributed by atoms with E-state index in [4.69, 9.17) is 21.1 Å². The number of rotatable bonds is 7. The Labute approximate surface area is 168 Å². The van der Waals surface area contributed by atoms with E-state index in [9.17, 15) is 9.90 Å². The van der Waals surface area contributed by atoms with Gasteiger partial charge in [-0.05, 0) is 41.5 Å². The summed E-state index contributed by atoms with van der Waals surface area (Å²) in [5, 5.41) is 10.3. The van der Waals surface area contributed by atoms with E-state index in [0.29, 0.717) is 34.3 Å². The molecule has 0 amide bonds. The fraction of sp³-hybridized carbons (Fsp3) is 0.0870. The molecule has 3 rings (SSSR count). The third kappa shape index (κ3) is 4.93. The zero-order chi connectivity index (χ0) is 19.9. The van der Waals surface area contributed by atoms with Crippen molar-refractivity contribution in [1.29, 1.82) is 0 Å². The standard InChI is InChI=1S/C23H19ClO4/c1-27-20-11-10-18(13-21(23(25)26)17-7-3-2-4-8-17)22(14-20)28-15-16-6-5-9-19(24)12-16/h2-14H,15H2,1H3,(H,25,26)/b21-13-. The van der Waals surface area contributed by atoms with Crippen molar-refractivity contribution in [3.05, 3.63) is 94.5 Å². The topological polar surface area (TPSA) is 55.8 Å². The van der Waals surface area contributed by atoms with Crippen molar-refractivity contribution >= 4 is 29.2 Å². The average Bonchev–Trinajstić information content (AvgIpc) is 2.71. The Bertz CT molecular complexity index is 996. The van der Waals surface area contributed by atoms with Gasteiger partial charge >= 0.3 is 5.97 Å². The predicted octanol–water partition coefficient (Wildman–Crippen LogP) is 5.55. The molecule has 0 bridgehead atoms. The second kappa shape index (κ2) is 9.11. The maximum absolute atomic E-state index is 11.8. The van der Waals surface area contributed by atoms with Crippen LogP contribution < -0.4 is 9.47 Å². The van der Waals surface area contributed by atoms with Gasteiger partial charge in [0, 0.05) is 16.7 Å². The highest BCUT2D eigenvalue weighted by molar-refractivity contribution is 6.30. The van der Waals surface area contributed by atoms with Gasteiger partial charge in [0.15, 0.2) is 0 Å². The molecule has 28 heavy (non-hydrogen) atoms. The third-order valence-electron chi connectivity index (χ3n) is 4.12. The van der Waals surface area contributed by atoms with Gasteiger partial charge in [0.25, 0.3) is 0 Å².